The number of ketones is 1. The van der Waals surface area contributed by atoms with E-state index in [0.717, 1.165) is 24.1 Å². The fourth-order valence-corrected chi connectivity index (χ4v) is 5.30. The van der Waals surface area contributed by atoms with E-state index in [1.807, 2.05) is 12.1 Å². The molecule has 0 saturated carbocycles. The van der Waals surface area contributed by atoms with Gasteiger partial charge < -0.3 is 4.74 Å². The molecule has 0 radical (unpaired) electrons. The first-order chi connectivity index (χ1) is 14.8. The number of methoxy groups -OCH3 is 1. The van der Waals surface area contributed by atoms with Crippen LogP contribution in [0.5, 0.6) is 5.88 Å². The van der Waals surface area contributed by atoms with Gasteiger partial charge in [-0.2, -0.15) is 0 Å². The Morgan fingerprint density at radius 3 is 2.65 bits per heavy atom. The van der Waals surface area contributed by atoms with Gasteiger partial charge in [-0.15, -0.1) is 5.10 Å². The van der Waals surface area contributed by atoms with E-state index in [2.05, 4.69) is 5.10 Å². The van der Waals surface area contributed by atoms with Crippen molar-refractivity contribution >= 4 is 21.5 Å². The summed E-state index contributed by atoms with van der Waals surface area (Å²) in [5, 5.41) is 4.11. The zero-order valence-corrected chi connectivity index (χ0v) is 18.0. The minimum atomic E-state index is -3.85. The molecule has 0 unspecified atom stereocenters. The third-order valence-electron chi connectivity index (χ3n) is 5.28. The molecule has 9 heteroatoms. The Labute approximate surface area is 180 Å². The first-order valence-corrected chi connectivity index (χ1v) is 11.2. The molecule has 0 bridgehead atoms. The molecule has 3 aromatic rings. The number of carbonyl (C=O) groups excluding carboxylic acids is 1. The Bertz CT molecular complexity index is 1240. The number of aryl methyl sites for hydroxylation is 2. The van der Waals surface area contributed by atoms with Crippen molar-refractivity contribution in [2.45, 2.75) is 24.2 Å². The molecule has 4 rings (SSSR count). The number of halogens is 1. The van der Waals surface area contributed by atoms with Gasteiger partial charge in [-0.25, -0.2) is 12.8 Å². The number of Topliss-reactive ketones (excluding diaryl/α,β-unsaturated/α-hetero) is 1. The smallest absolute Gasteiger partial charge is 0.264 e. The molecule has 1 aliphatic heterocycles. The van der Waals surface area contributed by atoms with E-state index in [4.69, 9.17) is 4.74 Å². The molecule has 0 spiro atoms. The number of ether oxygens (including phenoxy) is 1. The van der Waals surface area contributed by atoms with Gasteiger partial charge in [-0.3, -0.25) is 13.8 Å². The maximum atomic E-state index is 13.3. The fraction of sp³-hybridized carbons (Fsp3) is 0.273. The predicted molar refractivity (Wildman–Crippen MR) is 113 cm³/mol. The number of rotatable bonds is 6. The van der Waals surface area contributed by atoms with E-state index >= 15 is 0 Å². The maximum Gasteiger partial charge on any atom is 0.264 e. The lowest BCUT2D eigenvalue weighted by Crippen LogP contribution is -2.35. The Hall–Kier alpha value is -3.20. The van der Waals surface area contributed by atoms with Gasteiger partial charge in [0.05, 0.1) is 23.3 Å². The number of carbonyl (C=O) groups is 1. The van der Waals surface area contributed by atoms with E-state index in [-0.39, 0.29) is 23.0 Å². The Morgan fingerprint density at radius 1 is 1.19 bits per heavy atom. The predicted octanol–water partition coefficient (Wildman–Crippen LogP) is 3.13. The van der Waals surface area contributed by atoms with Crippen molar-refractivity contribution in [2.75, 3.05) is 18.0 Å². The van der Waals surface area contributed by atoms with E-state index in [1.165, 1.54) is 28.2 Å². The Balaban J connectivity index is 1.66. The zero-order valence-electron chi connectivity index (χ0n) is 17.2. The van der Waals surface area contributed by atoms with Crippen LogP contribution in [0.4, 0.5) is 10.1 Å². The molecule has 0 N–H and O–H groups in total. The van der Waals surface area contributed by atoms with Crippen molar-refractivity contribution in [1.29, 1.82) is 0 Å². The van der Waals surface area contributed by atoms with E-state index in [0.29, 0.717) is 29.8 Å². The molecule has 0 fully saturated rings. The normalized spacial score (nSPS) is 13.7. The second kappa shape index (κ2) is 8.14. The van der Waals surface area contributed by atoms with Crippen molar-refractivity contribution in [3.8, 4) is 5.88 Å². The molecule has 7 nitrogen and oxygen atoms in total. The van der Waals surface area contributed by atoms with Gasteiger partial charge in [0.15, 0.2) is 5.78 Å². The molecule has 1 aromatic heterocycles. The van der Waals surface area contributed by atoms with Gasteiger partial charge in [0.1, 0.15) is 5.82 Å². The Kier molecular flexibility index (Phi) is 5.53. The van der Waals surface area contributed by atoms with Crippen LogP contribution in [-0.4, -0.2) is 37.6 Å². The topological polar surface area (TPSA) is 81.5 Å². The summed E-state index contributed by atoms with van der Waals surface area (Å²) in [5.74, 6) is -0.413. The van der Waals surface area contributed by atoms with Crippen molar-refractivity contribution in [3.05, 3.63) is 71.2 Å². The average Bonchev–Trinajstić information content (AvgIpc) is 3.14. The number of hydrogen-bond donors (Lipinski definition) is 0. The van der Waals surface area contributed by atoms with Crippen LogP contribution < -0.4 is 9.04 Å². The number of nitrogens with zero attached hydrogens (tertiary/aromatic N) is 3. The van der Waals surface area contributed by atoms with Crippen molar-refractivity contribution in [3.63, 3.8) is 0 Å². The molecule has 162 valence electrons. The molecular weight excluding hydrogens is 421 g/mol. The summed E-state index contributed by atoms with van der Waals surface area (Å²) in [5.41, 5.74) is 2.51. The maximum absolute atomic E-state index is 13.3. The summed E-state index contributed by atoms with van der Waals surface area (Å²) in [7, 11) is -0.689. The third kappa shape index (κ3) is 4.05. The summed E-state index contributed by atoms with van der Waals surface area (Å²) in [6, 6.07) is 10.2. The first-order valence-electron chi connectivity index (χ1n) is 9.80. The number of sulfonamides is 1. The van der Waals surface area contributed by atoms with Gasteiger partial charge in [0, 0.05) is 26.2 Å². The molecule has 0 atom stereocenters. The number of hydrogen-bond acceptors (Lipinski definition) is 5. The zero-order chi connectivity index (χ0) is 22.2. The Morgan fingerprint density at radius 2 is 1.94 bits per heavy atom. The highest BCUT2D eigenvalue weighted by molar-refractivity contribution is 7.92. The van der Waals surface area contributed by atoms with Crippen LogP contribution in [0.1, 0.15) is 27.9 Å². The molecule has 0 amide bonds. The van der Waals surface area contributed by atoms with Crippen molar-refractivity contribution < 1.29 is 22.3 Å². The highest BCUT2D eigenvalue weighted by atomic mass is 32.2. The molecular formula is C22H22FN3O4S. The van der Waals surface area contributed by atoms with Crippen LogP contribution in [-0.2, 0) is 29.9 Å². The van der Waals surface area contributed by atoms with E-state index in [1.54, 1.807) is 19.3 Å². The second-order valence-electron chi connectivity index (χ2n) is 7.42. The fourth-order valence-electron chi connectivity index (χ4n) is 3.77. The lowest BCUT2D eigenvalue weighted by atomic mass is 9.98. The van der Waals surface area contributed by atoms with Gasteiger partial charge in [0.25, 0.3) is 10.0 Å². The summed E-state index contributed by atoms with van der Waals surface area (Å²) in [6.45, 7) is 0.320. The van der Waals surface area contributed by atoms with Crippen LogP contribution in [0.3, 0.4) is 0 Å². The van der Waals surface area contributed by atoms with Gasteiger partial charge in [-0.05, 0) is 54.3 Å². The summed E-state index contributed by atoms with van der Waals surface area (Å²) in [4.78, 5) is 12.8. The first kappa shape index (κ1) is 21.0. The van der Waals surface area contributed by atoms with E-state index < -0.39 is 15.8 Å². The average molecular weight is 444 g/mol. The molecule has 2 aromatic carbocycles. The highest BCUT2D eigenvalue weighted by Gasteiger charge is 2.29. The van der Waals surface area contributed by atoms with Crippen LogP contribution >= 0.6 is 0 Å². The molecule has 2 heterocycles. The number of anilines is 1. The van der Waals surface area contributed by atoms with Gasteiger partial charge in [0.2, 0.25) is 5.88 Å². The lowest BCUT2D eigenvalue weighted by Gasteiger charge is -2.31. The number of benzene rings is 2. The van der Waals surface area contributed by atoms with Crippen LogP contribution in [0.25, 0.3) is 0 Å². The number of fused-ring (bicyclic) bond motifs is 1. The summed E-state index contributed by atoms with van der Waals surface area (Å²) < 4.78 is 47.7. The number of aromatic nitrogens is 2. The minimum absolute atomic E-state index is 0.0309. The molecule has 31 heavy (non-hydrogen) atoms. The lowest BCUT2D eigenvalue weighted by molar-refractivity contribution is 0.0990. The molecule has 1 aliphatic rings. The summed E-state index contributed by atoms with van der Waals surface area (Å²) >= 11 is 0. The second-order valence-corrected chi connectivity index (χ2v) is 9.29. The monoisotopic (exact) mass is 443 g/mol. The van der Waals surface area contributed by atoms with Crippen LogP contribution in [0.15, 0.2) is 53.6 Å². The van der Waals surface area contributed by atoms with Crippen molar-refractivity contribution in [1.82, 2.24) is 9.78 Å². The standard InChI is InChI=1S/C22H22FN3O4S/c1-25-14-19(22(24-25)30-2)21(27)13-15-5-6-16-4-3-11-26(20(16)12-15)31(28,29)18-9-7-17(23)8-10-18/h5-10,12,14H,3-4,11,13H2,1-2H3. The molecule has 0 aliphatic carbocycles. The summed E-state index contributed by atoms with van der Waals surface area (Å²) in [6.07, 6.45) is 3.11. The minimum Gasteiger partial charge on any atom is -0.479 e. The van der Waals surface area contributed by atoms with Crippen LogP contribution in [0, 0.1) is 5.82 Å². The van der Waals surface area contributed by atoms with Gasteiger partial charge >= 0.3 is 0 Å². The highest BCUT2D eigenvalue weighted by Crippen LogP contribution is 2.33. The largest absolute Gasteiger partial charge is 0.479 e. The van der Waals surface area contributed by atoms with E-state index in [9.17, 15) is 17.6 Å². The quantitative estimate of drug-likeness (QED) is 0.547. The van der Waals surface area contributed by atoms with Gasteiger partial charge in [-0.1, -0.05) is 12.1 Å². The molecule has 0 saturated heterocycles. The van der Waals surface area contributed by atoms with Crippen molar-refractivity contribution in [2.24, 2.45) is 7.05 Å². The third-order valence-corrected chi connectivity index (χ3v) is 7.11. The van der Waals surface area contributed by atoms with Crippen LogP contribution in [0.2, 0.25) is 0 Å². The SMILES string of the molecule is COc1nn(C)cc1C(=O)Cc1ccc2c(c1)N(S(=O)(=O)c1ccc(F)cc1)CCC2.